The van der Waals surface area contributed by atoms with Gasteiger partial charge in [0, 0.05) is 7.11 Å². The van der Waals surface area contributed by atoms with Crippen LogP contribution in [0.2, 0.25) is 0 Å². The normalized spacial score (nSPS) is 17.7. The Balaban J connectivity index is 5.03. The minimum Gasteiger partial charge on any atom is -0.467 e. The molecule has 0 aromatic carbocycles. The van der Waals surface area contributed by atoms with Crippen molar-refractivity contribution >= 4 is 5.97 Å². The third-order valence-electron chi connectivity index (χ3n) is 3.49. The van der Waals surface area contributed by atoms with E-state index in [4.69, 9.17) is 9.47 Å². The highest BCUT2D eigenvalue weighted by molar-refractivity contribution is 5.79. The highest BCUT2D eigenvalue weighted by atomic mass is 16.5. The lowest BCUT2D eigenvalue weighted by molar-refractivity contribution is -0.177. The zero-order valence-electron chi connectivity index (χ0n) is 12.0. The molecule has 0 aromatic rings. The minimum absolute atomic E-state index is 0.211. The molecule has 0 aliphatic rings. The van der Waals surface area contributed by atoms with Gasteiger partial charge >= 0.3 is 5.97 Å². The Morgan fingerprint density at radius 1 is 1.24 bits per heavy atom. The fourth-order valence-electron chi connectivity index (χ4n) is 2.15. The monoisotopic (exact) mass is 246 g/mol. The third kappa shape index (κ3) is 3.68. The summed E-state index contributed by atoms with van der Waals surface area (Å²) in [6, 6.07) is 0. The smallest absolute Gasteiger partial charge is 0.338 e. The number of methoxy groups -OCH3 is 2. The first-order valence-corrected chi connectivity index (χ1v) is 5.97. The summed E-state index contributed by atoms with van der Waals surface area (Å²) in [5, 5.41) is 10.6. The number of hydrogen-bond donors (Lipinski definition) is 1. The predicted octanol–water partition coefficient (Wildman–Crippen LogP) is 2.00. The molecule has 2 unspecified atom stereocenters. The molecule has 0 amide bonds. The van der Waals surface area contributed by atoms with Gasteiger partial charge in [-0.2, -0.15) is 0 Å². The molecular formula is C13H26O4. The molecule has 0 rings (SSSR count). The van der Waals surface area contributed by atoms with E-state index in [1.165, 1.54) is 7.11 Å². The number of carbonyl (C=O) groups is 1. The first-order valence-electron chi connectivity index (χ1n) is 5.97. The van der Waals surface area contributed by atoms with Crippen LogP contribution in [0.4, 0.5) is 0 Å². The summed E-state index contributed by atoms with van der Waals surface area (Å²) in [5.41, 5.74) is -1.85. The Morgan fingerprint density at radius 3 is 2.00 bits per heavy atom. The number of carbonyl (C=O) groups excluding carboxylic acids is 1. The molecule has 0 saturated heterocycles. The Labute approximate surface area is 104 Å². The van der Waals surface area contributed by atoms with Crippen LogP contribution in [0.3, 0.4) is 0 Å². The van der Waals surface area contributed by atoms with Crippen molar-refractivity contribution in [3.05, 3.63) is 0 Å². The van der Waals surface area contributed by atoms with Crippen LogP contribution in [0.15, 0.2) is 0 Å². The van der Waals surface area contributed by atoms with Crippen LogP contribution in [0, 0.1) is 11.8 Å². The maximum Gasteiger partial charge on any atom is 0.338 e. The molecule has 0 saturated carbocycles. The van der Waals surface area contributed by atoms with Gasteiger partial charge < -0.3 is 14.6 Å². The molecule has 4 nitrogen and oxygen atoms in total. The molecule has 17 heavy (non-hydrogen) atoms. The second-order valence-corrected chi connectivity index (χ2v) is 5.54. The number of aliphatic hydroxyl groups is 1. The molecule has 2 atom stereocenters. The van der Waals surface area contributed by atoms with Crippen molar-refractivity contribution in [2.24, 2.45) is 11.8 Å². The fourth-order valence-corrected chi connectivity index (χ4v) is 2.15. The molecule has 0 radical (unpaired) electrons. The molecule has 0 heterocycles. The van der Waals surface area contributed by atoms with Crippen molar-refractivity contribution in [3.63, 3.8) is 0 Å². The average Bonchev–Trinajstić information content (AvgIpc) is 2.25. The molecule has 1 N–H and O–H groups in total. The van der Waals surface area contributed by atoms with Gasteiger partial charge in [-0.1, -0.05) is 20.8 Å². The van der Waals surface area contributed by atoms with E-state index in [-0.39, 0.29) is 17.4 Å². The predicted molar refractivity (Wildman–Crippen MR) is 66.7 cm³/mol. The van der Waals surface area contributed by atoms with Crippen LogP contribution >= 0.6 is 0 Å². The van der Waals surface area contributed by atoms with Gasteiger partial charge in [0.05, 0.1) is 12.7 Å². The van der Waals surface area contributed by atoms with Gasteiger partial charge in [0.15, 0.2) is 5.60 Å². The highest BCUT2D eigenvalue weighted by Crippen LogP contribution is 2.34. The van der Waals surface area contributed by atoms with E-state index in [0.29, 0.717) is 6.42 Å². The molecule has 0 aromatic heterocycles. The number of esters is 1. The number of rotatable bonds is 6. The van der Waals surface area contributed by atoms with Crippen LogP contribution in [-0.4, -0.2) is 36.5 Å². The third-order valence-corrected chi connectivity index (χ3v) is 3.49. The maximum absolute atomic E-state index is 11.8. The molecule has 0 spiro atoms. The summed E-state index contributed by atoms with van der Waals surface area (Å²) in [6.45, 7) is 9.33. The molecule has 0 aliphatic heterocycles. The summed E-state index contributed by atoms with van der Waals surface area (Å²) < 4.78 is 10.0. The van der Waals surface area contributed by atoms with Gasteiger partial charge in [-0.25, -0.2) is 4.79 Å². The van der Waals surface area contributed by atoms with Crippen LogP contribution in [0.25, 0.3) is 0 Å². The quantitative estimate of drug-likeness (QED) is 0.728. The van der Waals surface area contributed by atoms with Gasteiger partial charge in [-0.15, -0.1) is 0 Å². The standard InChI is InChI=1S/C13H26O4/c1-9(2)13(15,11(14)16-6)10(3)8-12(4,5)17-7/h9-10,15H,8H2,1-7H3. The molecule has 0 aliphatic carbocycles. The van der Waals surface area contributed by atoms with Gasteiger partial charge in [-0.3, -0.25) is 0 Å². The lowest BCUT2D eigenvalue weighted by Crippen LogP contribution is -2.51. The topological polar surface area (TPSA) is 55.8 Å². The van der Waals surface area contributed by atoms with Crippen LogP contribution in [0.1, 0.15) is 41.0 Å². The summed E-state index contributed by atoms with van der Waals surface area (Å²) >= 11 is 0. The number of ether oxygens (including phenoxy) is 2. The van der Waals surface area contributed by atoms with Crippen LogP contribution in [-0.2, 0) is 14.3 Å². The van der Waals surface area contributed by atoms with Crippen molar-refractivity contribution in [1.82, 2.24) is 0 Å². The second kappa shape index (κ2) is 5.83. The van der Waals surface area contributed by atoms with Gasteiger partial charge in [0.25, 0.3) is 0 Å². The van der Waals surface area contributed by atoms with E-state index in [9.17, 15) is 9.90 Å². The van der Waals surface area contributed by atoms with Crippen LogP contribution < -0.4 is 0 Å². The first kappa shape index (κ1) is 16.4. The van der Waals surface area contributed by atoms with E-state index in [1.54, 1.807) is 7.11 Å². The Bertz CT molecular complexity index is 260. The average molecular weight is 246 g/mol. The van der Waals surface area contributed by atoms with Gasteiger partial charge in [0.2, 0.25) is 0 Å². The summed E-state index contributed by atoms with van der Waals surface area (Å²) in [7, 11) is 2.92. The van der Waals surface area contributed by atoms with Crippen molar-refractivity contribution < 1.29 is 19.4 Å². The van der Waals surface area contributed by atoms with Crippen molar-refractivity contribution in [2.75, 3.05) is 14.2 Å². The van der Waals surface area contributed by atoms with Crippen molar-refractivity contribution in [1.29, 1.82) is 0 Å². The molecule has 0 fully saturated rings. The minimum atomic E-state index is -1.47. The highest BCUT2D eigenvalue weighted by Gasteiger charge is 2.47. The first-order chi connectivity index (χ1) is 7.61. The SMILES string of the molecule is COC(=O)C(O)(C(C)C)C(C)CC(C)(C)OC. The van der Waals surface area contributed by atoms with Gasteiger partial charge in [-0.05, 0) is 32.1 Å². The van der Waals surface area contributed by atoms with E-state index >= 15 is 0 Å². The van der Waals surface area contributed by atoms with E-state index in [0.717, 1.165) is 0 Å². The van der Waals surface area contributed by atoms with Crippen molar-refractivity contribution in [2.45, 2.75) is 52.2 Å². The van der Waals surface area contributed by atoms with E-state index in [1.807, 2.05) is 34.6 Å². The molecule has 102 valence electrons. The maximum atomic E-state index is 11.8. The molecular weight excluding hydrogens is 220 g/mol. The zero-order chi connectivity index (χ0) is 13.9. The molecule has 4 heteroatoms. The lowest BCUT2D eigenvalue weighted by atomic mass is 9.75. The van der Waals surface area contributed by atoms with Crippen molar-refractivity contribution in [3.8, 4) is 0 Å². The van der Waals surface area contributed by atoms with Gasteiger partial charge in [0.1, 0.15) is 0 Å². The molecule has 0 bridgehead atoms. The lowest BCUT2D eigenvalue weighted by Gasteiger charge is -2.38. The largest absolute Gasteiger partial charge is 0.467 e. The Hall–Kier alpha value is -0.610. The number of hydrogen-bond acceptors (Lipinski definition) is 4. The van der Waals surface area contributed by atoms with E-state index in [2.05, 4.69) is 0 Å². The Morgan fingerprint density at radius 2 is 1.71 bits per heavy atom. The summed E-state index contributed by atoms with van der Waals surface area (Å²) in [5.74, 6) is -1.03. The summed E-state index contributed by atoms with van der Waals surface area (Å²) in [4.78, 5) is 11.8. The Kier molecular flexibility index (Phi) is 5.62. The fraction of sp³-hybridized carbons (Fsp3) is 0.923. The summed E-state index contributed by atoms with van der Waals surface area (Å²) in [6.07, 6.45) is 0.577. The second-order valence-electron chi connectivity index (χ2n) is 5.54. The van der Waals surface area contributed by atoms with Crippen LogP contribution in [0.5, 0.6) is 0 Å². The van der Waals surface area contributed by atoms with E-state index < -0.39 is 11.6 Å². The zero-order valence-corrected chi connectivity index (χ0v) is 12.0.